The third kappa shape index (κ3) is 2.08. The number of aromatic nitrogens is 1. The van der Waals surface area contributed by atoms with Crippen LogP contribution in [0, 0.1) is 5.92 Å². The molecule has 1 saturated carbocycles. The number of aromatic carboxylic acids is 1. The summed E-state index contributed by atoms with van der Waals surface area (Å²) in [6, 6.07) is 1.85. The van der Waals surface area contributed by atoms with E-state index in [1.54, 1.807) is 0 Å². The van der Waals surface area contributed by atoms with Crippen molar-refractivity contribution < 1.29 is 9.90 Å². The summed E-state index contributed by atoms with van der Waals surface area (Å²) in [6.45, 7) is 2.20. The van der Waals surface area contributed by atoms with E-state index >= 15 is 0 Å². The van der Waals surface area contributed by atoms with Gasteiger partial charge in [-0.05, 0) is 24.8 Å². The minimum absolute atomic E-state index is 0.116. The van der Waals surface area contributed by atoms with Crippen molar-refractivity contribution in [1.82, 2.24) is 4.98 Å². The van der Waals surface area contributed by atoms with Crippen molar-refractivity contribution in [3.8, 4) is 0 Å². The average Bonchev–Trinajstić information content (AvgIpc) is 2.18. The van der Waals surface area contributed by atoms with Gasteiger partial charge in [-0.1, -0.05) is 6.92 Å². The van der Waals surface area contributed by atoms with Crippen molar-refractivity contribution in [3.63, 3.8) is 0 Å². The number of nitrogens with zero attached hydrogens (tertiary/aromatic N) is 1. The summed E-state index contributed by atoms with van der Waals surface area (Å²) >= 11 is 0. The Morgan fingerprint density at radius 2 is 2.31 bits per heavy atom. The number of rotatable bonds is 3. The van der Waals surface area contributed by atoms with E-state index < -0.39 is 5.97 Å². The fourth-order valence-electron chi connectivity index (χ4n) is 1.93. The fraction of sp³-hybridized carbons (Fsp3) is 0.455. The van der Waals surface area contributed by atoms with Gasteiger partial charge in [0.05, 0.1) is 11.3 Å². The van der Waals surface area contributed by atoms with Crippen molar-refractivity contribution in [3.05, 3.63) is 17.8 Å². The molecule has 1 aromatic heterocycles. The van der Waals surface area contributed by atoms with Gasteiger partial charge in [-0.25, -0.2) is 9.78 Å². The lowest BCUT2D eigenvalue weighted by molar-refractivity contribution is 0.0696. The summed E-state index contributed by atoms with van der Waals surface area (Å²) in [4.78, 5) is 14.7. The SMILES string of the molecule is CC1CC(Nc2ncc(C(=O)O)cc2N)C1. The Morgan fingerprint density at radius 3 is 2.81 bits per heavy atom. The van der Waals surface area contributed by atoms with E-state index in [1.165, 1.54) is 12.3 Å². The first kappa shape index (κ1) is 10.7. The Morgan fingerprint density at radius 1 is 1.62 bits per heavy atom. The topological polar surface area (TPSA) is 88.2 Å². The molecule has 0 atom stereocenters. The van der Waals surface area contributed by atoms with Gasteiger partial charge in [-0.2, -0.15) is 0 Å². The normalized spacial score (nSPS) is 23.6. The summed E-state index contributed by atoms with van der Waals surface area (Å²) in [5, 5.41) is 12.0. The molecule has 0 unspecified atom stereocenters. The quantitative estimate of drug-likeness (QED) is 0.721. The Kier molecular flexibility index (Phi) is 2.68. The predicted molar refractivity (Wildman–Crippen MR) is 61.4 cm³/mol. The monoisotopic (exact) mass is 221 g/mol. The van der Waals surface area contributed by atoms with Crippen molar-refractivity contribution in [2.24, 2.45) is 5.92 Å². The molecule has 1 aromatic rings. The van der Waals surface area contributed by atoms with Crippen molar-refractivity contribution in [2.75, 3.05) is 11.1 Å². The maximum atomic E-state index is 10.7. The first-order valence-corrected chi connectivity index (χ1v) is 5.31. The van der Waals surface area contributed by atoms with E-state index in [-0.39, 0.29) is 5.56 Å². The molecule has 0 aromatic carbocycles. The molecule has 2 rings (SSSR count). The maximum Gasteiger partial charge on any atom is 0.337 e. The van der Waals surface area contributed by atoms with Crippen LogP contribution in [0.5, 0.6) is 0 Å². The minimum Gasteiger partial charge on any atom is -0.478 e. The number of pyridine rings is 1. The van der Waals surface area contributed by atoms with E-state index in [1.807, 2.05) is 0 Å². The van der Waals surface area contributed by atoms with Crippen LogP contribution < -0.4 is 11.1 Å². The first-order chi connectivity index (χ1) is 7.56. The van der Waals surface area contributed by atoms with Crippen molar-refractivity contribution >= 4 is 17.5 Å². The lowest BCUT2D eigenvalue weighted by Crippen LogP contribution is -2.34. The van der Waals surface area contributed by atoms with E-state index in [4.69, 9.17) is 10.8 Å². The molecule has 1 aliphatic carbocycles. The second kappa shape index (κ2) is 4.00. The van der Waals surface area contributed by atoms with Crippen LogP contribution in [0.4, 0.5) is 11.5 Å². The molecule has 1 heterocycles. The van der Waals surface area contributed by atoms with Crippen LogP contribution in [0.3, 0.4) is 0 Å². The van der Waals surface area contributed by atoms with Crippen LogP contribution in [-0.4, -0.2) is 22.1 Å². The maximum absolute atomic E-state index is 10.7. The van der Waals surface area contributed by atoms with Gasteiger partial charge in [0.2, 0.25) is 0 Å². The zero-order valence-electron chi connectivity index (χ0n) is 9.10. The molecule has 1 fully saturated rings. The van der Waals surface area contributed by atoms with E-state index in [0.717, 1.165) is 18.8 Å². The highest BCUT2D eigenvalue weighted by Crippen LogP contribution is 2.30. The third-order valence-electron chi connectivity index (χ3n) is 2.88. The molecular weight excluding hydrogens is 206 g/mol. The van der Waals surface area contributed by atoms with Crippen LogP contribution in [0.25, 0.3) is 0 Å². The minimum atomic E-state index is -1.01. The molecule has 5 nitrogen and oxygen atoms in total. The zero-order valence-corrected chi connectivity index (χ0v) is 9.10. The van der Waals surface area contributed by atoms with E-state index in [2.05, 4.69) is 17.2 Å². The molecule has 4 N–H and O–H groups in total. The van der Waals surface area contributed by atoms with Gasteiger partial charge in [-0.3, -0.25) is 0 Å². The van der Waals surface area contributed by atoms with Gasteiger partial charge in [0.1, 0.15) is 5.82 Å². The zero-order chi connectivity index (χ0) is 11.7. The predicted octanol–water partition coefficient (Wildman–Crippen LogP) is 1.57. The van der Waals surface area contributed by atoms with Crippen molar-refractivity contribution in [2.45, 2.75) is 25.8 Å². The Labute approximate surface area is 93.7 Å². The highest BCUT2D eigenvalue weighted by Gasteiger charge is 2.25. The fourth-order valence-corrected chi connectivity index (χ4v) is 1.93. The summed E-state index contributed by atoms with van der Waals surface area (Å²) in [7, 11) is 0. The van der Waals surface area contributed by atoms with Crippen molar-refractivity contribution in [1.29, 1.82) is 0 Å². The molecule has 0 radical (unpaired) electrons. The van der Waals surface area contributed by atoms with Gasteiger partial charge in [0.25, 0.3) is 0 Å². The molecule has 5 heteroatoms. The average molecular weight is 221 g/mol. The van der Waals surface area contributed by atoms with Crippen LogP contribution >= 0.6 is 0 Å². The summed E-state index contributed by atoms with van der Waals surface area (Å²) in [5.74, 6) is 0.321. The molecular formula is C11H15N3O2. The largest absolute Gasteiger partial charge is 0.478 e. The number of carbonyl (C=O) groups is 1. The Bertz CT molecular complexity index is 414. The number of nitrogens with two attached hydrogens (primary N) is 1. The Balaban J connectivity index is 2.07. The number of anilines is 2. The smallest absolute Gasteiger partial charge is 0.337 e. The summed E-state index contributed by atoms with van der Waals surface area (Å²) in [6.07, 6.45) is 3.55. The second-order valence-electron chi connectivity index (χ2n) is 4.38. The lowest BCUT2D eigenvalue weighted by atomic mass is 9.82. The number of nitrogen functional groups attached to an aromatic ring is 1. The van der Waals surface area contributed by atoms with Crippen LogP contribution in [0.2, 0.25) is 0 Å². The number of hydrogen-bond donors (Lipinski definition) is 3. The Hall–Kier alpha value is -1.78. The molecule has 0 amide bonds. The molecule has 0 saturated heterocycles. The molecule has 0 spiro atoms. The lowest BCUT2D eigenvalue weighted by Gasteiger charge is -2.33. The number of carboxylic acids is 1. The van der Waals surface area contributed by atoms with Gasteiger partial charge in [-0.15, -0.1) is 0 Å². The van der Waals surface area contributed by atoms with E-state index in [9.17, 15) is 4.79 Å². The highest BCUT2D eigenvalue weighted by molar-refractivity contribution is 5.89. The van der Waals surface area contributed by atoms with Gasteiger partial charge < -0.3 is 16.2 Å². The first-order valence-electron chi connectivity index (χ1n) is 5.31. The van der Waals surface area contributed by atoms with Gasteiger partial charge >= 0.3 is 5.97 Å². The molecule has 1 aliphatic rings. The molecule has 0 bridgehead atoms. The summed E-state index contributed by atoms with van der Waals surface area (Å²) in [5.41, 5.74) is 6.24. The standard InChI is InChI=1S/C11H15N3O2/c1-6-2-8(3-6)14-10-9(12)4-7(5-13-10)11(15)16/h4-6,8H,2-3,12H2,1H3,(H,13,14)(H,15,16). The van der Waals surface area contributed by atoms with Crippen LogP contribution in [0.15, 0.2) is 12.3 Å². The second-order valence-corrected chi connectivity index (χ2v) is 4.38. The molecule has 16 heavy (non-hydrogen) atoms. The molecule has 0 aliphatic heterocycles. The third-order valence-corrected chi connectivity index (χ3v) is 2.88. The van der Waals surface area contributed by atoms with Crippen LogP contribution in [-0.2, 0) is 0 Å². The van der Waals surface area contributed by atoms with Gasteiger partial charge in [0.15, 0.2) is 0 Å². The number of carboxylic acid groups (broad SMARTS) is 1. The number of hydrogen-bond acceptors (Lipinski definition) is 4. The van der Waals surface area contributed by atoms with Gasteiger partial charge in [0, 0.05) is 12.2 Å². The van der Waals surface area contributed by atoms with Crippen LogP contribution in [0.1, 0.15) is 30.1 Å². The molecule has 86 valence electrons. The number of nitrogens with one attached hydrogen (secondary N) is 1. The summed E-state index contributed by atoms with van der Waals surface area (Å²) < 4.78 is 0. The highest BCUT2D eigenvalue weighted by atomic mass is 16.4. The van der Waals surface area contributed by atoms with E-state index in [0.29, 0.717) is 17.5 Å².